The fourth-order valence-electron chi connectivity index (χ4n) is 9.13. The molecule has 0 amide bonds. The topological polar surface area (TPSA) is 23.0 Å². The molecule has 5 aromatic carbocycles. The summed E-state index contributed by atoms with van der Waals surface area (Å²) in [6.07, 6.45) is 19.6. The predicted octanol–water partition coefficient (Wildman–Crippen LogP) is 12.7. The molecular weight excluding hydrogens is 621 g/mol. The first-order valence-electron chi connectivity index (χ1n) is 18.3. The molecule has 0 bridgehead atoms. The van der Waals surface area contributed by atoms with Crippen molar-refractivity contribution in [2.24, 2.45) is 0 Å². The smallest absolute Gasteiger partial charge is 0.135 e. The fourth-order valence-corrected chi connectivity index (χ4v) is 9.13. The SMILES string of the molecule is C1=Cc2c(n(C3=CC(c4cccc(-c5ccc6oc7ccccc7c6c5)c4)=CC(n4c5c(c6ccccc64)C=CCC5)C3)c3ccccc23)CC1. The van der Waals surface area contributed by atoms with E-state index in [9.17, 15) is 0 Å². The molecule has 3 nitrogen and oxygen atoms in total. The summed E-state index contributed by atoms with van der Waals surface area (Å²) >= 11 is 0. The van der Waals surface area contributed by atoms with Gasteiger partial charge in [0.15, 0.2) is 0 Å². The Hall–Kier alpha value is -6.06. The van der Waals surface area contributed by atoms with E-state index in [0.29, 0.717) is 0 Å². The second-order valence-corrected chi connectivity index (χ2v) is 14.3. The van der Waals surface area contributed by atoms with Gasteiger partial charge in [0.05, 0.1) is 11.6 Å². The summed E-state index contributed by atoms with van der Waals surface area (Å²) < 4.78 is 11.4. The van der Waals surface area contributed by atoms with E-state index in [-0.39, 0.29) is 6.04 Å². The normalized spacial score (nSPS) is 16.9. The van der Waals surface area contributed by atoms with Crippen molar-refractivity contribution in [3.05, 3.63) is 168 Å². The third kappa shape index (κ3) is 4.44. The quantitative estimate of drug-likeness (QED) is 0.185. The molecule has 3 aromatic heterocycles. The van der Waals surface area contributed by atoms with Crippen LogP contribution in [0.3, 0.4) is 0 Å². The van der Waals surface area contributed by atoms with Gasteiger partial charge in [-0.25, -0.2) is 0 Å². The summed E-state index contributed by atoms with van der Waals surface area (Å²) in [6, 6.07) is 42.2. The molecule has 0 N–H and O–H groups in total. The summed E-state index contributed by atoms with van der Waals surface area (Å²) in [5.41, 5.74) is 16.4. The van der Waals surface area contributed by atoms with Gasteiger partial charge < -0.3 is 13.6 Å². The Labute approximate surface area is 296 Å². The monoisotopic (exact) mass is 656 g/mol. The highest BCUT2D eigenvalue weighted by atomic mass is 16.3. The molecule has 3 heterocycles. The van der Waals surface area contributed by atoms with Crippen LogP contribution in [0.1, 0.15) is 53.4 Å². The largest absolute Gasteiger partial charge is 0.456 e. The van der Waals surface area contributed by atoms with Crippen molar-refractivity contribution in [2.75, 3.05) is 0 Å². The number of aromatic nitrogens is 2. The van der Waals surface area contributed by atoms with E-state index in [1.54, 1.807) is 0 Å². The van der Waals surface area contributed by atoms with Crippen LogP contribution in [0.15, 0.2) is 144 Å². The maximum absolute atomic E-state index is 6.17. The van der Waals surface area contributed by atoms with E-state index < -0.39 is 0 Å². The first kappa shape index (κ1) is 28.7. The van der Waals surface area contributed by atoms with Crippen LogP contribution in [0.25, 0.3) is 78.3 Å². The molecule has 3 aliphatic rings. The van der Waals surface area contributed by atoms with Crippen LogP contribution in [0.4, 0.5) is 0 Å². The number of fused-ring (bicyclic) bond motifs is 9. The highest BCUT2D eigenvalue weighted by Crippen LogP contribution is 2.44. The third-order valence-corrected chi connectivity index (χ3v) is 11.4. The van der Waals surface area contributed by atoms with Gasteiger partial charge in [-0.05, 0) is 90.4 Å². The molecule has 0 aliphatic heterocycles. The highest BCUT2D eigenvalue weighted by molar-refractivity contribution is 6.06. The number of hydrogen-bond donors (Lipinski definition) is 0. The van der Waals surface area contributed by atoms with Crippen molar-refractivity contribution in [3.63, 3.8) is 0 Å². The minimum atomic E-state index is 0.174. The maximum atomic E-state index is 6.17. The number of para-hydroxylation sites is 3. The molecule has 11 rings (SSSR count). The van der Waals surface area contributed by atoms with Crippen LogP contribution in [-0.4, -0.2) is 9.13 Å². The van der Waals surface area contributed by atoms with Gasteiger partial charge in [-0.1, -0.05) is 109 Å². The maximum Gasteiger partial charge on any atom is 0.135 e. The van der Waals surface area contributed by atoms with Crippen LogP contribution in [0.5, 0.6) is 0 Å². The Morgan fingerprint density at radius 2 is 1.22 bits per heavy atom. The van der Waals surface area contributed by atoms with E-state index in [0.717, 1.165) is 54.0 Å². The minimum Gasteiger partial charge on any atom is -0.456 e. The zero-order valence-electron chi connectivity index (χ0n) is 28.3. The molecule has 0 radical (unpaired) electrons. The third-order valence-electron chi connectivity index (χ3n) is 11.4. The zero-order chi connectivity index (χ0) is 33.5. The Balaban J connectivity index is 1.11. The molecule has 3 heteroatoms. The number of nitrogens with zero attached hydrogens (tertiary/aromatic N) is 2. The second-order valence-electron chi connectivity index (χ2n) is 14.3. The fraction of sp³-hybridized carbons (Fsp3) is 0.125. The van der Waals surface area contributed by atoms with E-state index in [4.69, 9.17) is 4.42 Å². The summed E-state index contributed by atoms with van der Waals surface area (Å²) in [5.74, 6) is 0. The Kier molecular flexibility index (Phi) is 6.33. The number of rotatable bonds is 4. The van der Waals surface area contributed by atoms with Gasteiger partial charge in [-0.15, -0.1) is 0 Å². The number of furan rings is 1. The van der Waals surface area contributed by atoms with Crippen molar-refractivity contribution in [1.29, 1.82) is 0 Å². The molecule has 8 aromatic rings. The lowest BCUT2D eigenvalue weighted by Gasteiger charge is -2.29. The highest BCUT2D eigenvalue weighted by Gasteiger charge is 2.28. The Morgan fingerprint density at radius 3 is 2.08 bits per heavy atom. The van der Waals surface area contributed by atoms with Crippen molar-refractivity contribution < 1.29 is 4.42 Å². The molecule has 0 spiro atoms. The van der Waals surface area contributed by atoms with Gasteiger partial charge in [0, 0.05) is 61.7 Å². The zero-order valence-corrected chi connectivity index (χ0v) is 28.3. The van der Waals surface area contributed by atoms with Gasteiger partial charge in [0.1, 0.15) is 11.2 Å². The molecule has 0 saturated heterocycles. The van der Waals surface area contributed by atoms with Crippen LogP contribution in [0.2, 0.25) is 0 Å². The minimum absolute atomic E-state index is 0.174. The van der Waals surface area contributed by atoms with E-state index in [2.05, 4.69) is 149 Å². The van der Waals surface area contributed by atoms with Gasteiger partial charge >= 0.3 is 0 Å². The molecule has 51 heavy (non-hydrogen) atoms. The molecule has 0 fully saturated rings. The van der Waals surface area contributed by atoms with Gasteiger partial charge in [0.25, 0.3) is 0 Å². The van der Waals surface area contributed by atoms with Crippen LogP contribution >= 0.6 is 0 Å². The van der Waals surface area contributed by atoms with Gasteiger partial charge in [0.2, 0.25) is 0 Å². The molecule has 3 aliphatic carbocycles. The number of benzene rings is 5. The number of allylic oxidation sites excluding steroid dienone is 6. The molecule has 1 unspecified atom stereocenters. The predicted molar refractivity (Wildman–Crippen MR) is 214 cm³/mol. The van der Waals surface area contributed by atoms with Crippen LogP contribution < -0.4 is 0 Å². The second kappa shape index (κ2) is 11.2. The summed E-state index contributed by atoms with van der Waals surface area (Å²) in [6.45, 7) is 0. The first-order chi connectivity index (χ1) is 25.3. The molecular formula is C48H36N2O. The van der Waals surface area contributed by atoms with Crippen LogP contribution in [-0.2, 0) is 12.8 Å². The molecule has 1 atom stereocenters. The summed E-state index contributed by atoms with van der Waals surface area (Å²) in [7, 11) is 0. The summed E-state index contributed by atoms with van der Waals surface area (Å²) in [5, 5.41) is 5.01. The van der Waals surface area contributed by atoms with E-state index in [1.807, 2.05) is 12.1 Å². The van der Waals surface area contributed by atoms with Crippen molar-refractivity contribution in [1.82, 2.24) is 9.13 Å². The van der Waals surface area contributed by atoms with E-state index >= 15 is 0 Å². The molecule has 244 valence electrons. The lowest BCUT2D eigenvalue weighted by Crippen LogP contribution is -2.17. The average Bonchev–Trinajstić information content (AvgIpc) is 3.85. The van der Waals surface area contributed by atoms with Gasteiger partial charge in [-0.2, -0.15) is 0 Å². The van der Waals surface area contributed by atoms with Crippen molar-refractivity contribution in [3.8, 4) is 11.1 Å². The molecule has 0 saturated carbocycles. The Morgan fingerprint density at radius 1 is 0.549 bits per heavy atom. The van der Waals surface area contributed by atoms with Gasteiger partial charge in [-0.3, -0.25) is 0 Å². The lowest BCUT2D eigenvalue weighted by atomic mass is 9.91. The lowest BCUT2D eigenvalue weighted by molar-refractivity contribution is 0.597. The standard InChI is InChI=1S/C48H36N2O/c1-6-19-43-37(14-1)38-15-2-7-20-44(38)49(43)35-27-34(28-36(30-35)50-45-21-8-3-16-39(45)40-17-4-9-22-46(40)50)32-13-11-12-31(26-32)33-24-25-48-42(29-33)41-18-5-10-23-47(41)51-48/h1-6,8,10-19,21,23-29,35H,7,9,20,22,30H2. The van der Waals surface area contributed by atoms with Crippen molar-refractivity contribution >= 4 is 67.2 Å². The Bertz CT molecular complexity index is 2840. The average molecular weight is 657 g/mol. The summed E-state index contributed by atoms with van der Waals surface area (Å²) in [4.78, 5) is 0. The van der Waals surface area contributed by atoms with Crippen molar-refractivity contribution in [2.45, 2.75) is 38.1 Å². The first-order valence-corrected chi connectivity index (χ1v) is 18.3. The number of hydrogen-bond acceptors (Lipinski definition) is 1. The van der Waals surface area contributed by atoms with E-state index in [1.165, 1.54) is 72.3 Å². The van der Waals surface area contributed by atoms with Crippen LogP contribution in [0, 0.1) is 0 Å².